The number of carbonyl (C=O) groups is 2. The maximum atomic E-state index is 13.1. The molecular formula is C24H20N4O3S2. The molecule has 9 heteroatoms. The van der Waals surface area contributed by atoms with Crippen molar-refractivity contribution >= 4 is 55.5 Å². The Hall–Kier alpha value is -3.74. The Labute approximate surface area is 198 Å². The van der Waals surface area contributed by atoms with Gasteiger partial charge in [-0.2, -0.15) is 5.26 Å². The summed E-state index contributed by atoms with van der Waals surface area (Å²) in [5.41, 5.74) is 10.2. The van der Waals surface area contributed by atoms with Crippen LogP contribution in [-0.2, 0) is 4.74 Å². The van der Waals surface area contributed by atoms with E-state index in [1.54, 1.807) is 13.8 Å². The molecule has 33 heavy (non-hydrogen) atoms. The molecule has 0 atom stereocenters. The number of hydrogen-bond acceptors (Lipinski definition) is 8. The van der Waals surface area contributed by atoms with Crippen molar-refractivity contribution in [2.45, 2.75) is 20.8 Å². The summed E-state index contributed by atoms with van der Waals surface area (Å²) in [5.74, 6) is -0.980. The SMILES string of the molecule is CCOC(=O)c1sc(NC(=O)c2sc3nc(-c4ccc(C)cc4)ccc3c2N)c(C#N)c1C. The first kappa shape index (κ1) is 22.5. The second-order valence-electron chi connectivity index (χ2n) is 7.31. The highest BCUT2D eigenvalue weighted by molar-refractivity contribution is 7.21. The van der Waals surface area contributed by atoms with Gasteiger partial charge in [0.25, 0.3) is 5.91 Å². The average molecular weight is 477 g/mol. The van der Waals surface area contributed by atoms with E-state index in [1.807, 2.05) is 43.3 Å². The van der Waals surface area contributed by atoms with Crippen molar-refractivity contribution < 1.29 is 14.3 Å². The number of amides is 1. The van der Waals surface area contributed by atoms with Crippen molar-refractivity contribution in [3.63, 3.8) is 0 Å². The van der Waals surface area contributed by atoms with Crippen molar-refractivity contribution in [2.75, 3.05) is 17.7 Å². The lowest BCUT2D eigenvalue weighted by molar-refractivity contribution is 0.0531. The molecule has 0 radical (unpaired) electrons. The Morgan fingerprint density at radius 1 is 1.12 bits per heavy atom. The number of fused-ring (bicyclic) bond motifs is 1. The Balaban J connectivity index is 1.67. The summed E-state index contributed by atoms with van der Waals surface area (Å²) < 4.78 is 5.05. The summed E-state index contributed by atoms with van der Waals surface area (Å²) in [5, 5.41) is 13.3. The van der Waals surface area contributed by atoms with Gasteiger partial charge in [-0.3, -0.25) is 4.79 Å². The van der Waals surface area contributed by atoms with Gasteiger partial charge in [0, 0.05) is 10.9 Å². The third kappa shape index (κ3) is 4.18. The lowest BCUT2D eigenvalue weighted by Crippen LogP contribution is -2.11. The monoisotopic (exact) mass is 476 g/mol. The number of ether oxygens (including phenoxy) is 1. The number of pyridine rings is 1. The summed E-state index contributed by atoms with van der Waals surface area (Å²) in [6.07, 6.45) is 0. The summed E-state index contributed by atoms with van der Waals surface area (Å²) in [4.78, 5) is 31.2. The van der Waals surface area contributed by atoms with E-state index in [1.165, 1.54) is 11.3 Å². The smallest absolute Gasteiger partial charge is 0.348 e. The first-order chi connectivity index (χ1) is 15.8. The molecule has 0 fully saturated rings. The van der Waals surface area contributed by atoms with E-state index in [0.29, 0.717) is 26.3 Å². The molecule has 0 bridgehead atoms. The standard InChI is InChI=1S/C24H20N4O3S2/c1-4-31-24(30)19-13(3)16(11-25)23(32-19)28-21(29)20-18(26)15-9-10-17(27-22(15)33-20)14-7-5-12(2)6-8-14/h5-10H,4,26H2,1-3H3,(H,28,29). The van der Waals surface area contributed by atoms with Crippen molar-refractivity contribution in [3.8, 4) is 17.3 Å². The Morgan fingerprint density at radius 3 is 2.52 bits per heavy atom. The van der Waals surface area contributed by atoms with Crippen LogP contribution in [0.5, 0.6) is 0 Å². The van der Waals surface area contributed by atoms with Crippen molar-refractivity contribution in [3.05, 3.63) is 62.8 Å². The number of esters is 1. The zero-order chi connectivity index (χ0) is 23.7. The maximum absolute atomic E-state index is 13.1. The van der Waals surface area contributed by atoms with Crippen LogP contribution in [0, 0.1) is 25.2 Å². The number of carbonyl (C=O) groups excluding carboxylic acids is 2. The third-order valence-corrected chi connectivity index (χ3v) is 7.40. The number of thiophene rings is 2. The van der Waals surface area contributed by atoms with Gasteiger partial charge in [0.05, 0.1) is 23.6 Å². The highest BCUT2D eigenvalue weighted by Gasteiger charge is 2.24. The minimum absolute atomic E-state index is 0.218. The third-order valence-electron chi connectivity index (χ3n) is 5.09. The Bertz CT molecular complexity index is 1430. The van der Waals surface area contributed by atoms with Gasteiger partial charge in [0.1, 0.15) is 25.7 Å². The fourth-order valence-corrected chi connectivity index (χ4v) is 5.37. The molecule has 166 valence electrons. The van der Waals surface area contributed by atoms with E-state index >= 15 is 0 Å². The van der Waals surface area contributed by atoms with Crippen LogP contribution in [0.4, 0.5) is 10.7 Å². The molecule has 1 aromatic carbocycles. The van der Waals surface area contributed by atoms with E-state index in [-0.39, 0.29) is 22.0 Å². The summed E-state index contributed by atoms with van der Waals surface area (Å²) in [6.45, 7) is 5.60. The molecule has 0 aliphatic heterocycles. The van der Waals surface area contributed by atoms with Gasteiger partial charge in [-0.25, -0.2) is 9.78 Å². The lowest BCUT2D eigenvalue weighted by Gasteiger charge is -2.02. The minimum atomic E-state index is -0.522. The molecule has 3 aromatic heterocycles. The largest absolute Gasteiger partial charge is 0.462 e. The molecule has 0 unspecified atom stereocenters. The van der Waals surface area contributed by atoms with Gasteiger partial charge in [-0.1, -0.05) is 29.8 Å². The van der Waals surface area contributed by atoms with E-state index < -0.39 is 11.9 Å². The highest BCUT2D eigenvalue weighted by atomic mass is 32.1. The zero-order valence-electron chi connectivity index (χ0n) is 18.2. The quantitative estimate of drug-likeness (QED) is 0.366. The molecule has 0 aliphatic carbocycles. The first-order valence-corrected chi connectivity index (χ1v) is 11.7. The number of aromatic nitrogens is 1. The normalized spacial score (nSPS) is 10.7. The maximum Gasteiger partial charge on any atom is 0.348 e. The predicted octanol–water partition coefficient (Wildman–Crippen LogP) is 5.52. The second kappa shape index (κ2) is 9.02. The molecular weight excluding hydrogens is 456 g/mol. The number of nitrogens with two attached hydrogens (primary N) is 1. The van der Waals surface area contributed by atoms with Gasteiger partial charge >= 0.3 is 5.97 Å². The fourth-order valence-electron chi connectivity index (χ4n) is 3.34. The van der Waals surface area contributed by atoms with E-state index in [2.05, 4.69) is 16.4 Å². The molecule has 0 saturated heterocycles. The van der Waals surface area contributed by atoms with E-state index in [4.69, 9.17) is 10.5 Å². The number of nitrogens with one attached hydrogen (secondary N) is 1. The van der Waals surface area contributed by atoms with Gasteiger partial charge < -0.3 is 15.8 Å². The van der Waals surface area contributed by atoms with Crippen LogP contribution in [-0.4, -0.2) is 23.5 Å². The number of aryl methyl sites for hydroxylation is 1. The number of nitrogens with zero attached hydrogens (tertiary/aromatic N) is 2. The highest BCUT2D eigenvalue weighted by Crippen LogP contribution is 2.37. The van der Waals surface area contributed by atoms with Gasteiger partial charge in [0.2, 0.25) is 0 Å². The molecule has 4 rings (SSSR count). The fraction of sp³-hybridized carbons (Fsp3) is 0.167. The number of nitriles is 1. The van der Waals surface area contributed by atoms with E-state index in [9.17, 15) is 14.9 Å². The molecule has 3 N–H and O–H groups in total. The number of nitrogen functional groups attached to an aromatic ring is 1. The van der Waals surface area contributed by atoms with Gasteiger partial charge in [-0.05, 0) is 38.5 Å². The van der Waals surface area contributed by atoms with Crippen LogP contribution in [0.3, 0.4) is 0 Å². The Morgan fingerprint density at radius 2 is 1.85 bits per heavy atom. The van der Waals surface area contributed by atoms with Crippen LogP contribution in [0.1, 0.15) is 43.0 Å². The summed E-state index contributed by atoms with van der Waals surface area (Å²) >= 11 is 2.20. The van der Waals surface area contributed by atoms with Crippen molar-refractivity contribution in [2.24, 2.45) is 0 Å². The molecule has 4 aromatic rings. The number of rotatable bonds is 5. The molecule has 1 amide bonds. The molecule has 0 spiro atoms. The van der Waals surface area contributed by atoms with Gasteiger partial charge in [-0.15, -0.1) is 22.7 Å². The van der Waals surface area contributed by atoms with Crippen LogP contribution in [0.25, 0.3) is 21.5 Å². The van der Waals surface area contributed by atoms with E-state index in [0.717, 1.165) is 28.2 Å². The topological polar surface area (TPSA) is 118 Å². The summed E-state index contributed by atoms with van der Waals surface area (Å²) in [7, 11) is 0. The molecule has 7 nitrogen and oxygen atoms in total. The van der Waals surface area contributed by atoms with Crippen LogP contribution >= 0.6 is 22.7 Å². The summed E-state index contributed by atoms with van der Waals surface area (Å²) in [6, 6.07) is 13.8. The Kier molecular flexibility index (Phi) is 6.14. The second-order valence-corrected chi connectivity index (χ2v) is 9.33. The molecule has 0 aliphatic rings. The lowest BCUT2D eigenvalue weighted by atomic mass is 10.1. The number of hydrogen-bond donors (Lipinski definition) is 2. The van der Waals surface area contributed by atoms with Gasteiger partial charge in [0.15, 0.2) is 0 Å². The number of anilines is 2. The first-order valence-electron chi connectivity index (χ1n) is 10.1. The zero-order valence-corrected chi connectivity index (χ0v) is 19.8. The minimum Gasteiger partial charge on any atom is -0.462 e. The van der Waals surface area contributed by atoms with Crippen molar-refractivity contribution in [1.82, 2.24) is 4.98 Å². The van der Waals surface area contributed by atoms with Crippen LogP contribution < -0.4 is 11.1 Å². The van der Waals surface area contributed by atoms with Crippen LogP contribution in [0.2, 0.25) is 0 Å². The number of benzene rings is 1. The average Bonchev–Trinajstić information content (AvgIpc) is 3.30. The van der Waals surface area contributed by atoms with Crippen LogP contribution in [0.15, 0.2) is 36.4 Å². The molecule has 3 heterocycles. The van der Waals surface area contributed by atoms with Crippen molar-refractivity contribution in [1.29, 1.82) is 5.26 Å². The predicted molar refractivity (Wildman–Crippen MR) is 132 cm³/mol. The molecule has 0 saturated carbocycles.